The zero-order valence-electron chi connectivity index (χ0n) is 25.1. The summed E-state index contributed by atoms with van der Waals surface area (Å²) in [5.41, 5.74) is 12.2. The van der Waals surface area contributed by atoms with Crippen molar-refractivity contribution in [1.82, 2.24) is 9.13 Å². The van der Waals surface area contributed by atoms with Crippen LogP contribution in [0, 0.1) is 0 Å². The molecule has 2 heterocycles. The monoisotopic (exact) mass is 587 g/mol. The lowest BCUT2D eigenvalue weighted by molar-refractivity contribution is 1.17. The first-order chi connectivity index (χ1) is 22.8. The summed E-state index contributed by atoms with van der Waals surface area (Å²) in [6.07, 6.45) is 0. The molecule has 0 aliphatic carbocycles. The quantitative estimate of drug-likeness (QED) is 0.179. The first-order valence-corrected chi connectivity index (χ1v) is 15.6. The molecule has 0 amide bonds. The molecule has 0 aliphatic heterocycles. The molecule has 216 valence electrons. The number of benzene rings is 7. The van der Waals surface area contributed by atoms with Gasteiger partial charge in [0.15, 0.2) is 0 Å². The summed E-state index contributed by atoms with van der Waals surface area (Å²) in [5.74, 6) is 0. The van der Waals surface area contributed by atoms with Gasteiger partial charge in [0.25, 0.3) is 0 Å². The van der Waals surface area contributed by atoms with Crippen LogP contribution in [0.3, 0.4) is 0 Å². The van der Waals surface area contributed by atoms with Gasteiger partial charge in [0, 0.05) is 27.2 Å². The van der Waals surface area contributed by atoms with E-state index in [2.05, 4.69) is 185 Å². The van der Waals surface area contributed by atoms with Gasteiger partial charge in [-0.1, -0.05) is 109 Å². The first kappa shape index (κ1) is 26.2. The molecule has 0 saturated carbocycles. The summed E-state index contributed by atoms with van der Waals surface area (Å²) in [6, 6.07) is 58.5. The van der Waals surface area contributed by atoms with Crippen LogP contribution in [0.5, 0.6) is 0 Å². The van der Waals surface area contributed by atoms with E-state index in [4.69, 9.17) is 0 Å². The zero-order chi connectivity index (χ0) is 30.6. The van der Waals surface area contributed by atoms with Gasteiger partial charge in [0.05, 0.1) is 33.4 Å². The fraction of sp³-hybridized carbons (Fsp3) is 0. The van der Waals surface area contributed by atoms with E-state index in [1.54, 1.807) is 0 Å². The van der Waals surface area contributed by atoms with Crippen molar-refractivity contribution < 1.29 is 0 Å². The van der Waals surface area contributed by atoms with Crippen LogP contribution in [-0.2, 0) is 0 Å². The van der Waals surface area contributed by atoms with Crippen LogP contribution in [0.2, 0.25) is 0 Å². The lowest BCUT2D eigenvalue weighted by Gasteiger charge is -2.16. The van der Waals surface area contributed by atoms with Crippen molar-refractivity contribution in [3.63, 3.8) is 0 Å². The van der Waals surface area contributed by atoms with E-state index in [9.17, 15) is 0 Å². The molecule has 0 aliphatic rings. The standard InChI is InChI=1S/C43H29N3/c1-44-38-28-30(23-24-43(38)46-41-21-11-7-17-36(41)37-18-8-12-22-42(37)46)32-25-31(29-13-3-2-4-14-29)26-33(27-32)45-39-19-9-5-15-34(39)35-16-6-10-20-40(35)45/h2-28H,1H2. The lowest BCUT2D eigenvalue weighted by Crippen LogP contribution is -1.97. The van der Waals surface area contributed by atoms with E-state index in [0.29, 0.717) is 0 Å². The van der Waals surface area contributed by atoms with Gasteiger partial charge < -0.3 is 9.13 Å². The molecule has 0 atom stereocenters. The van der Waals surface area contributed by atoms with Gasteiger partial charge in [-0.25, -0.2) is 0 Å². The van der Waals surface area contributed by atoms with E-state index in [-0.39, 0.29) is 0 Å². The molecule has 0 fully saturated rings. The maximum absolute atomic E-state index is 4.58. The summed E-state index contributed by atoms with van der Waals surface area (Å²) < 4.78 is 4.70. The molecule has 0 spiro atoms. The van der Waals surface area contributed by atoms with Crippen LogP contribution >= 0.6 is 0 Å². The second-order valence-corrected chi connectivity index (χ2v) is 11.7. The van der Waals surface area contributed by atoms with Crippen LogP contribution in [-0.4, -0.2) is 15.9 Å². The number of fused-ring (bicyclic) bond motifs is 6. The second kappa shape index (κ2) is 10.5. The van der Waals surface area contributed by atoms with Gasteiger partial charge >= 0.3 is 0 Å². The third kappa shape index (κ3) is 4.03. The highest BCUT2D eigenvalue weighted by Gasteiger charge is 2.17. The van der Waals surface area contributed by atoms with Gasteiger partial charge in [-0.15, -0.1) is 0 Å². The highest BCUT2D eigenvalue weighted by molar-refractivity contribution is 6.10. The van der Waals surface area contributed by atoms with Crippen molar-refractivity contribution in [3.8, 4) is 33.6 Å². The number of rotatable bonds is 5. The largest absolute Gasteiger partial charge is 0.309 e. The van der Waals surface area contributed by atoms with Gasteiger partial charge in [-0.3, -0.25) is 4.99 Å². The maximum atomic E-state index is 4.58. The number of aromatic nitrogens is 2. The first-order valence-electron chi connectivity index (χ1n) is 15.6. The van der Waals surface area contributed by atoms with Gasteiger partial charge in [-0.2, -0.15) is 0 Å². The minimum absolute atomic E-state index is 0.840. The Hall–Kier alpha value is -6.19. The SMILES string of the molecule is C=Nc1cc(-c2cc(-c3ccccc3)cc(-n3c4ccccc4c4ccccc43)c2)ccc1-n1c2ccccc2c2ccccc21. The highest BCUT2D eigenvalue weighted by atomic mass is 15.0. The molecule has 0 unspecified atom stereocenters. The number of hydrogen-bond acceptors (Lipinski definition) is 1. The fourth-order valence-electron chi connectivity index (χ4n) is 7.11. The van der Waals surface area contributed by atoms with Crippen molar-refractivity contribution in [2.45, 2.75) is 0 Å². The molecule has 2 aromatic heterocycles. The van der Waals surface area contributed by atoms with Gasteiger partial charge in [0.2, 0.25) is 0 Å². The van der Waals surface area contributed by atoms with E-state index < -0.39 is 0 Å². The Morgan fingerprint density at radius 2 is 0.826 bits per heavy atom. The molecule has 3 nitrogen and oxygen atoms in total. The second-order valence-electron chi connectivity index (χ2n) is 11.7. The van der Waals surface area contributed by atoms with Crippen LogP contribution < -0.4 is 0 Å². The summed E-state index contributed by atoms with van der Waals surface area (Å²) in [7, 11) is 0. The molecular formula is C43H29N3. The zero-order valence-corrected chi connectivity index (χ0v) is 25.1. The molecule has 9 rings (SSSR count). The summed E-state index contributed by atoms with van der Waals surface area (Å²) in [4.78, 5) is 4.58. The molecule has 46 heavy (non-hydrogen) atoms. The Balaban J connectivity index is 1.28. The van der Waals surface area contributed by atoms with E-state index >= 15 is 0 Å². The molecular weight excluding hydrogens is 558 g/mol. The maximum Gasteiger partial charge on any atom is 0.0869 e. The summed E-state index contributed by atoms with van der Waals surface area (Å²) in [5, 5.41) is 4.95. The van der Waals surface area contributed by atoms with Crippen LogP contribution in [0.25, 0.3) is 77.2 Å². The molecule has 0 saturated heterocycles. The Morgan fingerprint density at radius 1 is 0.370 bits per heavy atom. The Bertz CT molecular complexity index is 2500. The fourth-order valence-corrected chi connectivity index (χ4v) is 7.11. The van der Waals surface area contributed by atoms with Crippen molar-refractivity contribution in [2.75, 3.05) is 0 Å². The van der Waals surface area contributed by atoms with Gasteiger partial charge in [-0.05, 0) is 83.6 Å². The van der Waals surface area contributed by atoms with Crippen LogP contribution in [0.4, 0.5) is 5.69 Å². The summed E-state index contributed by atoms with van der Waals surface area (Å²) in [6.45, 7) is 4.02. The van der Waals surface area contributed by atoms with Crippen molar-refractivity contribution in [1.29, 1.82) is 0 Å². The smallest absolute Gasteiger partial charge is 0.0869 e. The Kier molecular flexibility index (Phi) is 5.97. The number of hydrogen-bond donors (Lipinski definition) is 0. The minimum Gasteiger partial charge on any atom is -0.309 e. The highest BCUT2D eigenvalue weighted by Crippen LogP contribution is 2.40. The predicted molar refractivity (Wildman–Crippen MR) is 195 cm³/mol. The molecule has 0 bridgehead atoms. The molecule has 9 aromatic rings. The van der Waals surface area contributed by atoms with Crippen molar-refractivity contribution >= 4 is 56.0 Å². The molecule has 0 N–H and O–H groups in total. The van der Waals surface area contributed by atoms with E-state index in [1.807, 2.05) is 0 Å². The third-order valence-corrected chi connectivity index (χ3v) is 9.16. The number of nitrogens with zero attached hydrogens (tertiary/aromatic N) is 3. The van der Waals surface area contributed by atoms with Gasteiger partial charge in [0.1, 0.15) is 0 Å². The number of para-hydroxylation sites is 4. The average Bonchev–Trinajstić information content (AvgIpc) is 3.65. The Morgan fingerprint density at radius 3 is 1.35 bits per heavy atom. The minimum atomic E-state index is 0.840. The Labute approximate surface area is 266 Å². The molecule has 7 aromatic carbocycles. The lowest BCUT2D eigenvalue weighted by atomic mass is 9.97. The molecule has 0 radical (unpaired) electrons. The normalized spacial score (nSPS) is 11.6. The van der Waals surface area contributed by atoms with Crippen LogP contribution in [0.1, 0.15) is 0 Å². The number of aliphatic imine (C=N–C) groups is 1. The van der Waals surface area contributed by atoms with Crippen LogP contribution in [0.15, 0.2) is 169 Å². The van der Waals surface area contributed by atoms with E-state index in [1.165, 1.54) is 38.1 Å². The van der Waals surface area contributed by atoms with Crippen molar-refractivity contribution in [3.05, 3.63) is 164 Å². The predicted octanol–water partition coefficient (Wildman–Crippen LogP) is 11.5. The van der Waals surface area contributed by atoms with E-state index in [0.717, 1.165) is 44.8 Å². The molecule has 3 heteroatoms. The van der Waals surface area contributed by atoms with Crippen molar-refractivity contribution in [2.24, 2.45) is 4.99 Å². The third-order valence-electron chi connectivity index (χ3n) is 9.16. The summed E-state index contributed by atoms with van der Waals surface area (Å²) >= 11 is 0. The average molecular weight is 588 g/mol. The topological polar surface area (TPSA) is 22.2 Å².